The predicted molar refractivity (Wildman–Crippen MR) is 74.2 cm³/mol. The van der Waals surface area contributed by atoms with Gasteiger partial charge in [0.15, 0.2) is 0 Å². The first-order valence-electron chi connectivity index (χ1n) is 6.68. The van der Waals surface area contributed by atoms with E-state index >= 15 is 0 Å². The molecule has 4 nitrogen and oxygen atoms in total. The number of halogens is 2. The number of carboxylic acids is 1. The first kappa shape index (κ1) is 16.4. The number of carboxylic acid groups (broad SMARTS) is 1. The monoisotopic (exact) mass is 286 g/mol. The maximum atomic E-state index is 13.6. The van der Waals surface area contributed by atoms with Gasteiger partial charge in [-0.15, -0.1) is 0 Å². The van der Waals surface area contributed by atoms with Crippen LogP contribution in [0.1, 0.15) is 30.6 Å². The van der Waals surface area contributed by atoms with Gasteiger partial charge in [-0.25, -0.2) is 13.6 Å². The molecular formula is C14H20F2N2O2. The number of anilines is 1. The van der Waals surface area contributed by atoms with Crippen molar-refractivity contribution in [3.8, 4) is 0 Å². The van der Waals surface area contributed by atoms with Crippen LogP contribution in [-0.2, 0) is 0 Å². The largest absolute Gasteiger partial charge is 0.478 e. The summed E-state index contributed by atoms with van der Waals surface area (Å²) in [6.07, 6.45) is 0.751. The summed E-state index contributed by atoms with van der Waals surface area (Å²) < 4.78 is 27.2. The molecule has 0 saturated carbocycles. The van der Waals surface area contributed by atoms with Gasteiger partial charge in [0.2, 0.25) is 0 Å². The molecule has 20 heavy (non-hydrogen) atoms. The molecule has 0 amide bonds. The lowest BCUT2D eigenvalue weighted by Crippen LogP contribution is -2.25. The van der Waals surface area contributed by atoms with Gasteiger partial charge in [-0.2, -0.15) is 0 Å². The number of hydrogen-bond donors (Lipinski definition) is 2. The number of nitrogens with zero attached hydrogens (tertiary/aromatic N) is 1. The van der Waals surface area contributed by atoms with Gasteiger partial charge < -0.3 is 15.3 Å². The minimum atomic E-state index is -1.35. The van der Waals surface area contributed by atoms with Crippen molar-refractivity contribution >= 4 is 11.7 Å². The van der Waals surface area contributed by atoms with Gasteiger partial charge in [-0.05, 0) is 38.2 Å². The third kappa shape index (κ3) is 4.45. The first-order valence-corrected chi connectivity index (χ1v) is 6.68. The minimum absolute atomic E-state index is 0.269. The van der Waals surface area contributed by atoms with E-state index < -0.39 is 23.2 Å². The molecule has 0 aromatic heterocycles. The zero-order valence-corrected chi connectivity index (χ0v) is 11.7. The number of carbonyl (C=O) groups is 1. The molecule has 0 aliphatic carbocycles. The highest BCUT2D eigenvalue weighted by Gasteiger charge is 2.14. The fourth-order valence-corrected chi connectivity index (χ4v) is 1.92. The molecule has 0 saturated heterocycles. The molecule has 0 radical (unpaired) electrons. The second-order valence-corrected chi connectivity index (χ2v) is 4.43. The average Bonchev–Trinajstić information content (AvgIpc) is 2.41. The van der Waals surface area contributed by atoms with Crippen LogP contribution >= 0.6 is 0 Å². The molecule has 0 aliphatic rings. The molecule has 0 fully saturated rings. The topological polar surface area (TPSA) is 52.6 Å². The third-order valence-corrected chi connectivity index (χ3v) is 3.14. The lowest BCUT2D eigenvalue weighted by Gasteiger charge is -2.18. The molecule has 2 N–H and O–H groups in total. The number of nitrogens with one attached hydrogen (secondary N) is 1. The van der Waals surface area contributed by atoms with E-state index in [2.05, 4.69) is 24.1 Å². The van der Waals surface area contributed by atoms with Gasteiger partial charge in [0.05, 0.1) is 5.56 Å². The van der Waals surface area contributed by atoms with E-state index in [1.165, 1.54) is 0 Å². The quantitative estimate of drug-likeness (QED) is 0.722. The Morgan fingerprint density at radius 2 is 1.80 bits per heavy atom. The first-order chi connectivity index (χ1) is 9.49. The molecular weight excluding hydrogens is 266 g/mol. The van der Waals surface area contributed by atoms with E-state index in [1.54, 1.807) is 0 Å². The molecule has 6 heteroatoms. The predicted octanol–water partition coefficient (Wildman–Crippen LogP) is 2.81. The fourth-order valence-electron chi connectivity index (χ4n) is 1.92. The van der Waals surface area contributed by atoms with E-state index in [-0.39, 0.29) is 5.69 Å². The molecule has 1 aromatic rings. The van der Waals surface area contributed by atoms with Crippen LogP contribution in [0.2, 0.25) is 0 Å². The standard InChI is InChI=1S/C14H20F2N2O2/c1-3-18(4-2)7-5-6-17-13-11(15)8-10(14(19)20)9-12(13)16/h8-9,17H,3-7H2,1-2H3,(H,19,20). The van der Waals surface area contributed by atoms with Crippen molar-refractivity contribution in [3.63, 3.8) is 0 Å². The average molecular weight is 286 g/mol. The summed E-state index contributed by atoms with van der Waals surface area (Å²) in [5, 5.41) is 11.4. The van der Waals surface area contributed by atoms with Gasteiger partial charge in [-0.1, -0.05) is 13.8 Å². The summed E-state index contributed by atoms with van der Waals surface area (Å²) in [4.78, 5) is 12.9. The lowest BCUT2D eigenvalue weighted by atomic mass is 10.2. The molecule has 0 atom stereocenters. The maximum absolute atomic E-state index is 13.6. The summed E-state index contributed by atoms with van der Waals surface area (Å²) in [6.45, 7) is 7.26. The number of benzene rings is 1. The minimum Gasteiger partial charge on any atom is -0.478 e. The normalized spacial score (nSPS) is 10.8. The van der Waals surface area contributed by atoms with Crippen molar-refractivity contribution in [1.29, 1.82) is 0 Å². The number of aromatic carboxylic acids is 1. The Balaban J connectivity index is 2.58. The van der Waals surface area contributed by atoms with Gasteiger partial charge in [-0.3, -0.25) is 0 Å². The van der Waals surface area contributed by atoms with Crippen LogP contribution < -0.4 is 5.32 Å². The molecule has 1 rings (SSSR count). The summed E-state index contributed by atoms with van der Waals surface area (Å²) in [5.74, 6) is -3.12. The SMILES string of the molecule is CCN(CC)CCCNc1c(F)cc(C(=O)O)cc1F. The Labute approximate surface area is 117 Å². The lowest BCUT2D eigenvalue weighted by molar-refractivity contribution is 0.0696. The summed E-state index contributed by atoms with van der Waals surface area (Å²) in [5.41, 5.74) is -0.664. The zero-order chi connectivity index (χ0) is 15.1. The van der Waals surface area contributed by atoms with Crippen molar-refractivity contribution < 1.29 is 18.7 Å². The van der Waals surface area contributed by atoms with Crippen LogP contribution in [-0.4, -0.2) is 42.2 Å². The third-order valence-electron chi connectivity index (χ3n) is 3.14. The molecule has 0 heterocycles. The smallest absolute Gasteiger partial charge is 0.335 e. The van der Waals surface area contributed by atoms with Crippen LogP contribution in [0.25, 0.3) is 0 Å². The van der Waals surface area contributed by atoms with Gasteiger partial charge in [0.25, 0.3) is 0 Å². The van der Waals surface area contributed by atoms with Crippen molar-refractivity contribution in [2.75, 3.05) is 31.5 Å². The van der Waals surface area contributed by atoms with Crippen LogP contribution in [0.15, 0.2) is 12.1 Å². The molecule has 0 bridgehead atoms. The molecule has 112 valence electrons. The summed E-state index contributed by atoms with van der Waals surface area (Å²) in [7, 11) is 0. The molecule has 0 aliphatic heterocycles. The highest BCUT2D eigenvalue weighted by Crippen LogP contribution is 2.20. The van der Waals surface area contributed by atoms with Gasteiger partial charge in [0, 0.05) is 6.54 Å². The van der Waals surface area contributed by atoms with Crippen molar-refractivity contribution in [1.82, 2.24) is 4.90 Å². The van der Waals surface area contributed by atoms with Crippen LogP contribution in [0.4, 0.5) is 14.5 Å². The number of hydrogen-bond acceptors (Lipinski definition) is 3. The zero-order valence-electron chi connectivity index (χ0n) is 11.7. The van der Waals surface area contributed by atoms with Crippen LogP contribution in [0.5, 0.6) is 0 Å². The second-order valence-electron chi connectivity index (χ2n) is 4.43. The van der Waals surface area contributed by atoms with E-state index in [9.17, 15) is 13.6 Å². The summed E-state index contributed by atoms with van der Waals surface area (Å²) in [6, 6.07) is 1.64. The Bertz CT molecular complexity index is 439. The van der Waals surface area contributed by atoms with E-state index in [0.717, 1.165) is 38.2 Å². The Morgan fingerprint density at radius 1 is 1.25 bits per heavy atom. The Kier molecular flexibility index (Phi) is 6.38. The van der Waals surface area contributed by atoms with E-state index in [4.69, 9.17) is 5.11 Å². The van der Waals surface area contributed by atoms with Gasteiger partial charge >= 0.3 is 5.97 Å². The van der Waals surface area contributed by atoms with Crippen molar-refractivity contribution in [2.45, 2.75) is 20.3 Å². The molecule has 0 unspecified atom stereocenters. The van der Waals surface area contributed by atoms with Crippen molar-refractivity contribution in [3.05, 3.63) is 29.3 Å². The molecule has 1 aromatic carbocycles. The highest BCUT2D eigenvalue weighted by atomic mass is 19.1. The second kappa shape index (κ2) is 7.79. The highest BCUT2D eigenvalue weighted by molar-refractivity contribution is 5.88. The van der Waals surface area contributed by atoms with Crippen LogP contribution in [0, 0.1) is 11.6 Å². The van der Waals surface area contributed by atoms with E-state index in [0.29, 0.717) is 6.54 Å². The van der Waals surface area contributed by atoms with Crippen molar-refractivity contribution in [2.24, 2.45) is 0 Å². The maximum Gasteiger partial charge on any atom is 0.335 e. The Morgan fingerprint density at radius 3 is 2.25 bits per heavy atom. The Hall–Kier alpha value is -1.69. The van der Waals surface area contributed by atoms with Gasteiger partial charge in [0.1, 0.15) is 17.3 Å². The fraction of sp³-hybridized carbons (Fsp3) is 0.500. The number of rotatable bonds is 8. The molecule has 0 spiro atoms. The summed E-state index contributed by atoms with van der Waals surface area (Å²) >= 11 is 0. The van der Waals surface area contributed by atoms with Crippen LogP contribution in [0.3, 0.4) is 0 Å². The van der Waals surface area contributed by atoms with E-state index in [1.807, 2.05) is 0 Å².